The van der Waals surface area contributed by atoms with E-state index in [0.717, 1.165) is 11.4 Å². The molecule has 0 aliphatic heterocycles. The van der Waals surface area contributed by atoms with Crippen LogP contribution in [0.4, 0.5) is 5.69 Å². The molecule has 1 N–H and O–H groups in total. The summed E-state index contributed by atoms with van der Waals surface area (Å²) < 4.78 is 10.4. The summed E-state index contributed by atoms with van der Waals surface area (Å²) in [5, 5.41) is 3.09. The van der Waals surface area contributed by atoms with Gasteiger partial charge in [0.15, 0.2) is 0 Å². The summed E-state index contributed by atoms with van der Waals surface area (Å²) in [6.45, 7) is 5.60. The van der Waals surface area contributed by atoms with Gasteiger partial charge < -0.3 is 19.7 Å². The van der Waals surface area contributed by atoms with E-state index in [1.54, 1.807) is 19.1 Å². The number of ether oxygens (including phenoxy) is 2. The highest BCUT2D eigenvalue weighted by molar-refractivity contribution is 5.81. The minimum atomic E-state index is 0.0647. The average molecular weight is 266 g/mol. The van der Waals surface area contributed by atoms with E-state index in [0.29, 0.717) is 18.8 Å². The lowest BCUT2D eigenvalue weighted by Gasteiger charge is -2.19. The number of hydrogen-bond donors (Lipinski definition) is 1. The fourth-order valence-electron chi connectivity index (χ4n) is 1.81. The quantitative estimate of drug-likeness (QED) is 0.820. The zero-order valence-corrected chi connectivity index (χ0v) is 12.0. The fourth-order valence-corrected chi connectivity index (χ4v) is 1.81. The van der Waals surface area contributed by atoms with Gasteiger partial charge in [0.1, 0.15) is 11.5 Å². The van der Waals surface area contributed by atoms with Crippen LogP contribution < -0.4 is 14.8 Å². The smallest absolute Gasteiger partial charge is 0.241 e. The van der Waals surface area contributed by atoms with Crippen LogP contribution in [0.3, 0.4) is 0 Å². The molecule has 19 heavy (non-hydrogen) atoms. The van der Waals surface area contributed by atoms with Crippen molar-refractivity contribution in [3.8, 4) is 11.5 Å². The van der Waals surface area contributed by atoms with Crippen LogP contribution in [-0.4, -0.2) is 44.7 Å². The van der Waals surface area contributed by atoms with Crippen molar-refractivity contribution in [2.75, 3.05) is 39.2 Å². The van der Waals surface area contributed by atoms with Gasteiger partial charge in [-0.15, -0.1) is 0 Å². The van der Waals surface area contributed by atoms with Gasteiger partial charge in [0.2, 0.25) is 5.91 Å². The predicted molar refractivity (Wildman–Crippen MR) is 76.0 cm³/mol. The Morgan fingerprint density at radius 1 is 1.21 bits per heavy atom. The van der Waals surface area contributed by atoms with Crippen LogP contribution in [0.2, 0.25) is 0 Å². The number of benzene rings is 1. The Morgan fingerprint density at radius 3 is 2.42 bits per heavy atom. The Labute approximate surface area is 114 Å². The second-order valence-electron chi connectivity index (χ2n) is 3.99. The largest absolute Gasteiger partial charge is 0.497 e. The van der Waals surface area contributed by atoms with Gasteiger partial charge in [-0.1, -0.05) is 0 Å². The molecular formula is C14H22N2O3. The van der Waals surface area contributed by atoms with E-state index in [-0.39, 0.29) is 12.5 Å². The Balaban J connectivity index is 2.73. The molecule has 0 atom stereocenters. The van der Waals surface area contributed by atoms with Gasteiger partial charge in [-0.3, -0.25) is 4.79 Å². The highest BCUT2D eigenvalue weighted by Crippen LogP contribution is 2.28. The Bertz CT molecular complexity index is 417. The van der Waals surface area contributed by atoms with Crippen molar-refractivity contribution in [3.05, 3.63) is 18.2 Å². The SMILES string of the molecule is CCN(CC)C(=O)CNc1cc(OC)ccc1OC. The van der Waals surface area contributed by atoms with Gasteiger partial charge in [0.05, 0.1) is 26.5 Å². The molecule has 5 nitrogen and oxygen atoms in total. The third kappa shape index (κ3) is 4.05. The number of carbonyl (C=O) groups excluding carboxylic acids is 1. The van der Waals surface area contributed by atoms with Gasteiger partial charge in [-0.2, -0.15) is 0 Å². The first-order chi connectivity index (χ1) is 9.15. The summed E-state index contributed by atoms with van der Waals surface area (Å²) in [6.07, 6.45) is 0. The summed E-state index contributed by atoms with van der Waals surface area (Å²) in [5.74, 6) is 1.47. The molecule has 0 fully saturated rings. The molecule has 1 amide bonds. The molecule has 0 aromatic heterocycles. The van der Waals surface area contributed by atoms with Crippen molar-refractivity contribution in [2.24, 2.45) is 0 Å². The number of nitrogens with zero attached hydrogens (tertiary/aromatic N) is 1. The molecular weight excluding hydrogens is 244 g/mol. The summed E-state index contributed by atoms with van der Waals surface area (Å²) in [4.78, 5) is 13.7. The van der Waals surface area contributed by atoms with E-state index < -0.39 is 0 Å². The summed E-state index contributed by atoms with van der Waals surface area (Å²) >= 11 is 0. The molecule has 0 bridgehead atoms. The summed E-state index contributed by atoms with van der Waals surface area (Å²) in [7, 11) is 3.20. The maximum Gasteiger partial charge on any atom is 0.241 e. The van der Waals surface area contributed by atoms with Gasteiger partial charge in [-0.05, 0) is 26.0 Å². The lowest BCUT2D eigenvalue weighted by molar-refractivity contribution is -0.128. The van der Waals surface area contributed by atoms with E-state index >= 15 is 0 Å². The van der Waals surface area contributed by atoms with Crippen LogP contribution >= 0.6 is 0 Å². The van der Waals surface area contributed by atoms with E-state index in [1.807, 2.05) is 32.0 Å². The molecule has 0 radical (unpaired) electrons. The van der Waals surface area contributed by atoms with Crippen molar-refractivity contribution < 1.29 is 14.3 Å². The van der Waals surface area contributed by atoms with Crippen molar-refractivity contribution >= 4 is 11.6 Å². The minimum Gasteiger partial charge on any atom is -0.497 e. The topological polar surface area (TPSA) is 50.8 Å². The van der Waals surface area contributed by atoms with Crippen molar-refractivity contribution in [1.29, 1.82) is 0 Å². The standard InChI is InChI=1S/C14H22N2O3/c1-5-16(6-2)14(17)10-15-12-9-11(18-3)7-8-13(12)19-4/h7-9,15H,5-6,10H2,1-4H3. The first-order valence-corrected chi connectivity index (χ1v) is 6.39. The number of carbonyl (C=O) groups is 1. The molecule has 5 heteroatoms. The fraction of sp³-hybridized carbons (Fsp3) is 0.500. The second kappa shape index (κ2) is 7.51. The van der Waals surface area contributed by atoms with Gasteiger partial charge >= 0.3 is 0 Å². The zero-order chi connectivity index (χ0) is 14.3. The Kier molecular flexibility index (Phi) is 5.99. The number of anilines is 1. The minimum absolute atomic E-state index is 0.0647. The van der Waals surface area contributed by atoms with Crippen LogP contribution in [0.5, 0.6) is 11.5 Å². The van der Waals surface area contributed by atoms with Gasteiger partial charge in [0.25, 0.3) is 0 Å². The highest BCUT2D eigenvalue weighted by atomic mass is 16.5. The second-order valence-corrected chi connectivity index (χ2v) is 3.99. The van der Waals surface area contributed by atoms with Crippen molar-refractivity contribution in [3.63, 3.8) is 0 Å². The number of nitrogens with one attached hydrogen (secondary N) is 1. The van der Waals surface area contributed by atoms with Gasteiger partial charge in [-0.25, -0.2) is 0 Å². The number of likely N-dealkylation sites (N-methyl/N-ethyl adjacent to an activating group) is 1. The van der Waals surface area contributed by atoms with Crippen molar-refractivity contribution in [1.82, 2.24) is 4.90 Å². The lowest BCUT2D eigenvalue weighted by Crippen LogP contribution is -2.35. The predicted octanol–water partition coefficient (Wildman–Crippen LogP) is 1.98. The maximum atomic E-state index is 11.9. The molecule has 0 heterocycles. The molecule has 0 unspecified atom stereocenters. The molecule has 0 spiro atoms. The molecule has 1 rings (SSSR count). The lowest BCUT2D eigenvalue weighted by atomic mass is 10.2. The van der Waals surface area contributed by atoms with Gasteiger partial charge in [0, 0.05) is 19.2 Å². The molecule has 1 aromatic rings. The Morgan fingerprint density at radius 2 is 1.89 bits per heavy atom. The molecule has 106 valence electrons. The van der Waals surface area contributed by atoms with E-state index in [2.05, 4.69) is 5.32 Å². The summed E-state index contributed by atoms with van der Waals surface area (Å²) in [5.41, 5.74) is 0.752. The van der Waals surface area contributed by atoms with Crippen molar-refractivity contribution in [2.45, 2.75) is 13.8 Å². The molecule has 0 aliphatic carbocycles. The van der Waals surface area contributed by atoms with Crippen LogP contribution in [-0.2, 0) is 4.79 Å². The number of hydrogen-bond acceptors (Lipinski definition) is 4. The molecule has 0 saturated heterocycles. The molecule has 0 saturated carbocycles. The zero-order valence-electron chi connectivity index (χ0n) is 12.0. The first kappa shape index (κ1) is 15.1. The first-order valence-electron chi connectivity index (χ1n) is 6.39. The highest BCUT2D eigenvalue weighted by Gasteiger charge is 2.11. The van der Waals surface area contributed by atoms with E-state index in [4.69, 9.17) is 9.47 Å². The van der Waals surface area contributed by atoms with E-state index in [1.165, 1.54) is 0 Å². The van der Waals surface area contributed by atoms with Crippen LogP contribution in [0.1, 0.15) is 13.8 Å². The third-order valence-electron chi connectivity index (χ3n) is 2.95. The van der Waals surface area contributed by atoms with Crippen LogP contribution in [0, 0.1) is 0 Å². The summed E-state index contributed by atoms with van der Waals surface area (Å²) in [6, 6.07) is 5.44. The van der Waals surface area contributed by atoms with Crippen LogP contribution in [0.25, 0.3) is 0 Å². The molecule has 0 aliphatic rings. The number of rotatable bonds is 7. The van der Waals surface area contributed by atoms with E-state index in [9.17, 15) is 4.79 Å². The third-order valence-corrected chi connectivity index (χ3v) is 2.95. The van der Waals surface area contributed by atoms with Crippen LogP contribution in [0.15, 0.2) is 18.2 Å². The molecule has 1 aromatic carbocycles. The normalized spacial score (nSPS) is 9.89. The maximum absolute atomic E-state index is 11.9. The number of methoxy groups -OCH3 is 2. The number of amides is 1. The Hall–Kier alpha value is -1.91. The average Bonchev–Trinajstić information content (AvgIpc) is 2.45. The monoisotopic (exact) mass is 266 g/mol.